The summed E-state index contributed by atoms with van der Waals surface area (Å²) in [6.45, 7) is 0.537. The Bertz CT molecular complexity index is 428. The Morgan fingerprint density at radius 2 is 1.95 bits per heavy atom. The summed E-state index contributed by atoms with van der Waals surface area (Å²) in [5, 5.41) is 0. The van der Waals surface area contributed by atoms with Crippen LogP contribution < -0.4 is 0 Å². The fourth-order valence-electron chi connectivity index (χ4n) is 2.11. The topological polar surface area (TPSA) is 35.5 Å². The molecule has 0 aliphatic carbocycles. The molecule has 0 bridgehead atoms. The van der Waals surface area contributed by atoms with Crippen molar-refractivity contribution < 1.29 is 27.4 Å². The lowest BCUT2D eigenvalue weighted by Crippen LogP contribution is -2.14. The molecule has 0 aromatic heterocycles. The monoisotopic (exact) mass is 274 g/mol. The highest BCUT2D eigenvalue weighted by Gasteiger charge is 2.31. The van der Waals surface area contributed by atoms with Crippen molar-refractivity contribution in [1.29, 1.82) is 0 Å². The minimum absolute atomic E-state index is 0.181. The number of rotatable bonds is 4. The van der Waals surface area contributed by atoms with Gasteiger partial charge in [0.2, 0.25) is 0 Å². The van der Waals surface area contributed by atoms with Crippen molar-refractivity contribution in [3.63, 3.8) is 0 Å². The van der Waals surface area contributed by atoms with Crippen molar-refractivity contribution in [3.05, 3.63) is 35.4 Å². The Labute approximate surface area is 108 Å². The van der Waals surface area contributed by atoms with Crippen LogP contribution in [0.15, 0.2) is 24.3 Å². The zero-order valence-corrected chi connectivity index (χ0v) is 10.0. The summed E-state index contributed by atoms with van der Waals surface area (Å²) in [6.07, 6.45) is -3.31. The van der Waals surface area contributed by atoms with Crippen LogP contribution >= 0.6 is 0 Å². The average molecular weight is 274 g/mol. The van der Waals surface area contributed by atoms with Crippen LogP contribution in [0.5, 0.6) is 0 Å². The van der Waals surface area contributed by atoms with Gasteiger partial charge < -0.3 is 9.47 Å². The first-order valence-corrected chi connectivity index (χ1v) is 5.88. The van der Waals surface area contributed by atoms with Gasteiger partial charge in [-0.05, 0) is 30.5 Å². The van der Waals surface area contributed by atoms with E-state index in [0.717, 1.165) is 18.6 Å². The minimum atomic E-state index is -4.32. The van der Waals surface area contributed by atoms with Crippen LogP contribution in [0.3, 0.4) is 0 Å². The van der Waals surface area contributed by atoms with Crippen molar-refractivity contribution in [2.45, 2.75) is 31.2 Å². The van der Waals surface area contributed by atoms with Crippen molar-refractivity contribution in [2.24, 2.45) is 0 Å². The molecule has 0 saturated carbocycles. The average Bonchev–Trinajstić information content (AvgIpc) is 2.84. The fourth-order valence-corrected chi connectivity index (χ4v) is 2.11. The quantitative estimate of drug-likeness (QED) is 0.791. The standard InChI is InChI=1S/C13H13F3O3/c14-13(15,16)10-3-1-9(2-4-10)12-6-5-11(19-12)7-18-8-17/h1-4,8,11-12H,5-7H2. The highest BCUT2D eigenvalue weighted by Crippen LogP contribution is 2.35. The molecule has 19 heavy (non-hydrogen) atoms. The molecule has 6 heteroatoms. The summed E-state index contributed by atoms with van der Waals surface area (Å²) in [6, 6.07) is 4.95. The van der Waals surface area contributed by atoms with Crippen molar-refractivity contribution in [2.75, 3.05) is 6.61 Å². The molecule has 3 nitrogen and oxygen atoms in total. The van der Waals surface area contributed by atoms with E-state index in [2.05, 4.69) is 4.74 Å². The van der Waals surface area contributed by atoms with Crippen molar-refractivity contribution in [1.82, 2.24) is 0 Å². The number of benzene rings is 1. The van der Waals surface area contributed by atoms with E-state index in [1.54, 1.807) is 0 Å². The van der Waals surface area contributed by atoms with E-state index in [9.17, 15) is 18.0 Å². The van der Waals surface area contributed by atoms with Crippen LogP contribution in [0.25, 0.3) is 0 Å². The predicted molar refractivity (Wildman–Crippen MR) is 60.3 cm³/mol. The van der Waals surface area contributed by atoms with E-state index < -0.39 is 11.7 Å². The summed E-state index contributed by atoms with van der Waals surface area (Å²) >= 11 is 0. The highest BCUT2D eigenvalue weighted by molar-refractivity contribution is 5.37. The third-order valence-electron chi connectivity index (χ3n) is 3.07. The molecule has 1 aliphatic heterocycles. The summed E-state index contributed by atoms with van der Waals surface area (Å²) in [5.41, 5.74) is 0.0386. The van der Waals surface area contributed by atoms with Crippen LogP contribution in [0.1, 0.15) is 30.1 Å². The third kappa shape index (κ3) is 3.47. The minimum Gasteiger partial charge on any atom is -0.465 e. The van der Waals surface area contributed by atoms with E-state index in [0.29, 0.717) is 18.5 Å². The fraction of sp³-hybridized carbons (Fsp3) is 0.462. The maximum Gasteiger partial charge on any atom is 0.416 e. The lowest BCUT2D eigenvalue weighted by atomic mass is 10.0. The Balaban J connectivity index is 1.98. The van der Waals surface area contributed by atoms with Gasteiger partial charge in [-0.1, -0.05) is 12.1 Å². The van der Waals surface area contributed by atoms with Gasteiger partial charge in [-0.2, -0.15) is 13.2 Å². The maximum atomic E-state index is 12.4. The van der Waals surface area contributed by atoms with E-state index in [1.165, 1.54) is 12.1 Å². The lowest BCUT2D eigenvalue weighted by Gasteiger charge is -2.14. The molecule has 2 atom stereocenters. The van der Waals surface area contributed by atoms with Gasteiger partial charge in [0.05, 0.1) is 17.8 Å². The van der Waals surface area contributed by atoms with Gasteiger partial charge in [0.15, 0.2) is 0 Å². The number of hydrogen-bond acceptors (Lipinski definition) is 3. The van der Waals surface area contributed by atoms with Crippen LogP contribution in [0, 0.1) is 0 Å². The Morgan fingerprint density at radius 3 is 2.53 bits per heavy atom. The second kappa shape index (κ2) is 5.61. The van der Waals surface area contributed by atoms with E-state index in [4.69, 9.17) is 4.74 Å². The van der Waals surface area contributed by atoms with Crippen LogP contribution in [-0.4, -0.2) is 19.2 Å². The molecule has 2 rings (SSSR count). The third-order valence-corrected chi connectivity index (χ3v) is 3.07. The molecule has 1 fully saturated rings. The SMILES string of the molecule is O=COCC1CCC(c2ccc(C(F)(F)F)cc2)O1. The second-order valence-corrected chi connectivity index (χ2v) is 4.37. The molecule has 0 N–H and O–H groups in total. The molecule has 1 aromatic carbocycles. The van der Waals surface area contributed by atoms with Gasteiger partial charge in [0, 0.05) is 0 Å². The van der Waals surface area contributed by atoms with Crippen LogP contribution in [-0.2, 0) is 20.4 Å². The lowest BCUT2D eigenvalue weighted by molar-refractivity contribution is -0.137. The Hall–Kier alpha value is -1.56. The predicted octanol–water partition coefficient (Wildman–Crippen LogP) is 3.10. The second-order valence-electron chi connectivity index (χ2n) is 4.37. The molecule has 2 unspecified atom stereocenters. The Kier molecular flexibility index (Phi) is 4.09. The van der Waals surface area contributed by atoms with Gasteiger partial charge in [-0.15, -0.1) is 0 Å². The molecule has 0 spiro atoms. The normalized spacial score (nSPS) is 23.3. The van der Waals surface area contributed by atoms with Gasteiger partial charge in [-0.3, -0.25) is 4.79 Å². The van der Waals surface area contributed by atoms with Gasteiger partial charge in [-0.25, -0.2) is 0 Å². The van der Waals surface area contributed by atoms with Gasteiger partial charge in [0.25, 0.3) is 6.47 Å². The van der Waals surface area contributed by atoms with E-state index in [1.807, 2.05) is 0 Å². The number of halogens is 3. The van der Waals surface area contributed by atoms with Gasteiger partial charge in [0.1, 0.15) is 6.61 Å². The molecular formula is C13H13F3O3. The number of ether oxygens (including phenoxy) is 2. The zero-order chi connectivity index (χ0) is 13.9. The van der Waals surface area contributed by atoms with E-state index >= 15 is 0 Å². The summed E-state index contributed by atoms with van der Waals surface area (Å²) in [7, 11) is 0. The van der Waals surface area contributed by atoms with Crippen molar-refractivity contribution in [3.8, 4) is 0 Å². The summed E-state index contributed by atoms with van der Waals surface area (Å²) in [5.74, 6) is 0. The molecule has 1 aromatic rings. The number of alkyl halides is 3. The number of hydrogen-bond donors (Lipinski definition) is 0. The first-order chi connectivity index (χ1) is 9.00. The van der Waals surface area contributed by atoms with Gasteiger partial charge >= 0.3 is 6.18 Å². The Morgan fingerprint density at radius 1 is 1.26 bits per heavy atom. The highest BCUT2D eigenvalue weighted by atomic mass is 19.4. The first kappa shape index (κ1) is 13.9. The number of carbonyl (C=O) groups is 1. The summed E-state index contributed by atoms with van der Waals surface area (Å²) < 4.78 is 47.5. The molecule has 0 amide bonds. The molecule has 0 radical (unpaired) electrons. The number of carbonyl (C=O) groups excluding carboxylic acids is 1. The zero-order valence-electron chi connectivity index (χ0n) is 10.0. The summed E-state index contributed by atoms with van der Waals surface area (Å²) in [4.78, 5) is 10.1. The molecule has 1 saturated heterocycles. The maximum absolute atomic E-state index is 12.4. The van der Waals surface area contributed by atoms with Crippen molar-refractivity contribution >= 4 is 6.47 Å². The molecule has 1 heterocycles. The van der Waals surface area contributed by atoms with Crippen LogP contribution in [0.4, 0.5) is 13.2 Å². The molecule has 104 valence electrons. The molecule has 1 aliphatic rings. The van der Waals surface area contributed by atoms with Crippen LogP contribution in [0.2, 0.25) is 0 Å². The first-order valence-electron chi connectivity index (χ1n) is 5.88. The largest absolute Gasteiger partial charge is 0.465 e. The molecular weight excluding hydrogens is 261 g/mol. The smallest absolute Gasteiger partial charge is 0.416 e. The van der Waals surface area contributed by atoms with E-state index in [-0.39, 0.29) is 18.8 Å².